The lowest BCUT2D eigenvalue weighted by Gasteiger charge is -2.26. The summed E-state index contributed by atoms with van der Waals surface area (Å²) in [5.41, 5.74) is 0.813. The summed E-state index contributed by atoms with van der Waals surface area (Å²) in [7, 11) is 0. The number of nitrogens with zero attached hydrogens (tertiary/aromatic N) is 1. The third-order valence-electron chi connectivity index (χ3n) is 3.87. The summed E-state index contributed by atoms with van der Waals surface area (Å²) in [5.74, 6) is 1.55. The van der Waals surface area contributed by atoms with Crippen molar-refractivity contribution in [2.24, 2.45) is 11.8 Å². The number of benzene rings is 1. The lowest BCUT2D eigenvalue weighted by Crippen LogP contribution is -2.20. The number of rotatable bonds is 4. The van der Waals surface area contributed by atoms with Crippen molar-refractivity contribution in [1.29, 1.82) is 0 Å². The van der Waals surface area contributed by atoms with E-state index in [1.165, 1.54) is 31.7 Å². The minimum atomic E-state index is -0.464. The van der Waals surface area contributed by atoms with Gasteiger partial charge in [-0.15, -0.1) is 0 Å². The zero-order valence-corrected chi connectivity index (χ0v) is 11.8. The predicted octanol–water partition coefficient (Wildman–Crippen LogP) is 4.49. The third kappa shape index (κ3) is 3.83. The van der Waals surface area contributed by atoms with Crippen LogP contribution in [0.5, 0.6) is 0 Å². The van der Waals surface area contributed by atoms with Crippen molar-refractivity contribution in [2.45, 2.75) is 32.6 Å². The molecule has 0 spiro atoms. The highest BCUT2D eigenvalue weighted by Crippen LogP contribution is 2.30. The van der Waals surface area contributed by atoms with Crippen LogP contribution in [0.25, 0.3) is 0 Å². The van der Waals surface area contributed by atoms with E-state index in [1.54, 1.807) is 12.1 Å². The largest absolute Gasteiger partial charge is 0.385 e. The lowest BCUT2D eigenvalue weighted by molar-refractivity contribution is -0.384. The van der Waals surface area contributed by atoms with Crippen LogP contribution in [-0.2, 0) is 0 Å². The number of hydrogen-bond acceptors (Lipinski definition) is 3. The van der Waals surface area contributed by atoms with E-state index in [-0.39, 0.29) is 10.7 Å². The Kier molecular flexibility index (Phi) is 4.64. The predicted molar refractivity (Wildman–Crippen MR) is 77.7 cm³/mol. The van der Waals surface area contributed by atoms with Crippen LogP contribution in [0.2, 0.25) is 5.02 Å². The minimum absolute atomic E-state index is 0.0429. The van der Waals surface area contributed by atoms with Gasteiger partial charge in [-0.2, -0.15) is 0 Å². The van der Waals surface area contributed by atoms with Crippen LogP contribution in [0.15, 0.2) is 18.2 Å². The van der Waals surface area contributed by atoms with Gasteiger partial charge in [0.15, 0.2) is 0 Å². The molecule has 0 aromatic heterocycles. The van der Waals surface area contributed by atoms with Gasteiger partial charge in [0.05, 0.1) is 4.92 Å². The van der Waals surface area contributed by atoms with Crippen LogP contribution in [0.3, 0.4) is 0 Å². The number of anilines is 1. The van der Waals surface area contributed by atoms with E-state index in [9.17, 15) is 10.1 Å². The van der Waals surface area contributed by atoms with Crippen molar-refractivity contribution >= 4 is 23.0 Å². The molecule has 1 aliphatic rings. The molecule has 0 bridgehead atoms. The van der Waals surface area contributed by atoms with Crippen molar-refractivity contribution in [3.8, 4) is 0 Å². The average molecular weight is 283 g/mol. The monoisotopic (exact) mass is 282 g/mol. The molecule has 0 unspecified atom stereocenters. The topological polar surface area (TPSA) is 55.2 Å². The van der Waals surface area contributed by atoms with Crippen molar-refractivity contribution in [3.05, 3.63) is 33.3 Å². The number of nitro groups is 1. The Morgan fingerprint density at radius 1 is 1.37 bits per heavy atom. The van der Waals surface area contributed by atoms with Crippen LogP contribution >= 0.6 is 11.6 Å². The molecule has 0 heterocycles. The molecule has 1 N–H and O–H groups in total. The Hall–Kier alpha value is -1.29. The van der Waals surface area contributed by atoms with Gasteiger partial charge in [-0.1, -0.05) is 31.4 Å². The molecule has 1 aliphatic carbocycles. The number of halogens is 1. The van der Waals surface area contributed by atoms with E-state index < -0.39 is 4.92 Å². The number of hydrogen-bond donors (Lipinski definition) is 1. The van der Waals surface area contributed by atoms with Gasteiger partial charge >= 0.3 is 0 Å². The molecule has 0 radical (unpaired) electrons. The Labute approximate surface area is 118 Å². The molecule has 1 fully saturated rings. The van der Waals surface area contributed by atoms with Crippen LogP contribution in [0, 0.1) is 22.0 Å². The average Bonchev–Trinajstić information content (AvgIpc) is 2.37. The molecule has 104 valence electrons. The van der Waals surface area contributed by atoms with Crippen LogP contribution in [-0.4, -0.2) is 11.5 Å². The molecule has 0 saturated heterocycles. The van der Waals surface area contributed by atoms with Gasteiger partial charge in [-0.05, 0) is 36.8 Å². The van der Waals surface area contributed by atoms with E-state index >= 15 is 0 Å². The van der Waals surface area contributed by atoms with Gasteiger partial charge in [-0.25, -0.2) is 0 Å². The van der Waals surface area contributed by atoms with Crippen molar-refractivity contribution < 1.29 is 4.92 Å². The maximum absolute atomic E-state index is 10.7. The summed E-state index contributed by atoms with van der Waals surface area (Å²) in [6.07, 6.45) is 5.12. The second kappa shape index (κ2) is 6.24. The summed E-state index contributed by atoms with van der Waals surface area (Å²) in [4.78, 5) is 10.2. The first-order chi connectivity index (χ1) is 9.06. The van der Waals surface area contributed by atoms with E-state index in [0.717, 1.165) is 18.2 Å². The van der Waals surface area contributed by atoms with Gasteiger partial charge in [0.25, 0.3) is 5.69 Å². The quantitative estimate of drug-likeness (QED) is 0.654. The highest BCUT2D eigenvalue weighted by atomic mass is 35.5. The van der Waals surface area contributed by atoms with E-state index in [0.29, 0.717) is 5.92 Å². The van der Waals surface area contributed by atoms with Crippen molar-refractivity contribution in [3.63, 3.8) is 0 Å². The minimum Gasteiger partial charge on any atom is -0.385 e. The summed E-state index contributed by atoms with van der Waals surface area (Å²) >= 11 is 5.88. The SMILES string of the molecule is CC1CCC(CNc2ccc([N+](=O)[O-])c(Cl)c2)CC1. The third-order valence-corrected chi connectivity index (χ3v) is 4.18. The molecular weight excluding hydrogens is 264 g/mol. The van der Waals surface area contributed by atoms with Crippen LogP contribution in [0.1, 0.15) is 32.6 Å². The first-order valence-electron chi connectivity index (χ1n) is 6.74. The molecule has 0 amide bonds. The highest BCUT2D eigenvalue weighted by Gasteiger charge is 2.18. The maximum Gasteiger partial charge on any atom is 0.288 e. The zero-order valence-electron chi connectivity index (χ0n) is 11.1. The second-order valence-corrected chi connectivity index (χ2v) is 5.84. The zero-order chi connectivity index (χ0) is 13.8. The fraction of sp³-hybridized carbons (Fsp3) is 0.571. The molecule has 2 rings (SSSR count). The van der Waals surface area contributed by atoms with Crippen molar-refractivity contribution in [1.82, 2.24) is 0 Å². The standard InChI is InChI=1S/C14H19ClN2O2/c1-10-2-4-11(5-3-10)9-16-12-6-7-14(17(18)19)13(15)8-12/h6-8,10-11,16H,2-5,9H2,1H3. The summed E-state index contributed by atoms with van der Waals surface area (Å²) in [5, 5.41) is 14.2. The summed E-state index contributed by atoms with van der Waals surface area (Å²) < 4.78 is 0. The Balaban J connectivity index is 1.89. The summed E-state index contributed by atoms with van der Waals surface area (Å²) in [6, 6.07) is 4.80. The van der Waals surface area contributed by atoms with Crippen LogP contribution < -0.4 is 5.32 Å². The number of nitro benzene ring substituents is 1. The van der Waals surface area contributed by atoms with Gasteiger partial charge in [0, 0.05) is 18.3 Å². The Bertz CT molecular complexity index is 457. The summed E-state index contributed by atoms with van der Waals surface area (Å²) in [6.45, 7) is 3.22. The molecule has 1 aromatic rings. The molecule has 4 nitrogen and oxygen atoms in total. The van der Waals surface area contributed by atoms with E-state index in [4.69, 9.17) is 11.6 Å². The molecular formula is C14H19ClN2O2. The smallest absolute Gasteiger partial charge is 0.288 e. The Morgan fingerprint density at radius 3 is 2.63 bits per heavy atom. The van der Waals surface area contributed by atoms with Gasteiger partial charge < -0.3 is 5.32 Å². The van der Waals surface area contributed by atoms with E-state index in [1.807, 2.05) is 0 Å². The number of nitrogens with one attached hydrogen (secondary N) is 1. The molecule has 0 aliphatic heterocycles. The maximum atomic E-state index is 10.7. The van der Waals surface area contributed by atoms with Gasteiger partial charge in [0.1, 0.15) is 5.02 Å². The first-order valence-corrected chi connectivity index (χ1v) is 7.12. The van der Waals surface area contributed by atoms with E-state index in [2.05, 4.69) is 12.2 Å². The molecule has 5 heteroatoms. The fourth-order valence-electron chi connectivity index (χ4n) is 2.56. The molecule has 19 heavy (non-hydrogen) atoms. The van der Waals surface area contributed by atoms with Gasteiger partial charge in [0.2, 0.25) is 0 Å². The lowest BCUT2D eigenvalue weighted by atomic mass is 9.83. The fourth-order valence-corrected chi connectivity index (χ4v) is 2.81. The molecule has 1 aromatic carbocycles. The highest BCUT2D eigenvalue weighted by molar-refractivity contribution is 6.32. The van der Waals surface area contributed by atoms with Gasteiger partial charge in [-0.3, -0.25) is 10.1 Å². The first kappa shape index (κ1) is 14.1. The van der Waals surface area contributed by atoms with Crippen molar-refractivity contribution in [2.75, 3.05) is 11.9 Å². The molecule has 1 saturated carbocycles. The van der Waals surface area contributed by atoms with Crippen LogP contribution in [0.4, 0.5) is 11.4 Å². The molecule has 0 atom stereocenters. The Morgan fingerprint density at radius 2 is 2.05 bits per heavy atom. The normalized spacial score (nSPS) is 23.1. The second-order valence-electron chi connectivity index (χ2n) is 5.43.